The predicted molar refractivity (Wildman–Crippen MR) is 59.5 cm³/mol. The number of ketones is 1. The molecule has 1 fully saturated rings. The van der Waals surface area contributed by atoms with Crippen LogP contribution in [0.25, 0.3) is 0 Å². The van der Waals surface area contributed by atoms with E-state index in [1.165, 1.54) is 0 Å². The van der Waals surface area contributed by atoms with Crippen LogP contribution in [-0.2, 0) is 14.4 Å². The lowest BCUT2D eigenvalue weighted by Crippen LogP contribution is -2.38. The van der Waals surface area contributed by atoms with Gasteiger partial charge in [-0.3, -0.25) is 19.7 Å². The van der Waals surface area contributed by atoms with Crippen molar-refractivity contribution in [1.82, 2.24) is 5.32 Å². The largest absolute Gasteiger partial charge is 0.296 e. The molecule has 0 aromatic rings. The summed E-state index contributed by atoms with van der Waals surface area (Å²) in [6, 6.07) is 0. The highest BCUT2D eigenvalue weighted by Crippen LogP contribution is 2.17. The number of carbonyl (C=O) groups is 3. The molecule has 1 saturated heterocycles. The first-order chi connectivity index (χ1) is 7.49. The maximum absolute atomic E-state index is 11.3. The molecule has 1 aliphatic rings. The van der Waals surface area contributed by atoms with Crippen LogP contribution in [0.3, 0.4) is 0 Å². The Bertz CT molecular complexity index is 315. The van der Waals surface area contributed by atoms with Gasteiger partial charge in [0.25, 0.3) is 0 Å². The van der Waals surface area contributed by atoms with E-state index < -0.39 is 0 Å². The smallest absolute Gasteiger partial charge is 0.226 e. The lowest BCUT2D eigenvalue weighted by Gasteiger charge is -2.19. The molecule has 0 radical (unpaired) electrons. The number of hydrogen-bond acceptors (Lipinski definition) is 3. The summed E-state index contributed by atoms with van der Waals surface area (Å²) in [6.45, 7) is 3.68. The number of piperidine rings is 1. The van der Waals surface area contributed by atoms with E-state index in [9.17, 15) is 14.4 Å². The maximum Gasteiger partial charge on any atom is 0.226 e. The molecule has 1 rings (SSSR count). The Kier molecular flexibility index (Phi) is 4.40. The molecule has 88 valence electrons. The van der Waals surface area contributed by atoms with Crippen LogP contribution in [0.4, 0.5) is 0 Å². The molecule has 0 aliphatic carbocycles. The van der Waals surface area contributed by atoms with Gasteiger partial charge in [-0.05, 0) is 18.4 Å². The third kappa shape index (κ3) is 3.96. The van der Waals surface area contributed by atoms with Crippen LogP contribution in [0.2, 0.25) is 0 Å². The molecular formula is C12H17NO3. The SMILES string of the molecule is CC(C)C(=O)/C=C/CC1CC(=O)NC(=O)C1. The summed E-state index contributed by atoms with van der Waals surface area (Å²) in [4.78, 5) is 33.4. The number of allylic oxidation sites excluding steroid dienone is 2. The van der Waals surface area contributed by atoms with Crippen molar-refractivity contribution in [3.05, 3.63) is 12.2 Å². The number of imide groups is 1. The van der Waals surface area contributed by atoms with E-state index in [0.29, 0.717) is 19.3 Å². The highest BCUT2D eigenvalue weighted by atomic mass is 16.2. The summed E-state index contributed by atoms with van der Waals surface area (Å²) in [6.07, 6.45) is 4.65. The highest BCUT2D eigenvalue weighted by molar-refractivity contribution is 5.97. The summed E-state index contributed by atoms with van der Waals surface area (Å²) in [5.74, 6) is -0.328. The molecule has 0 aromatic carbocycles. The molecule has 2 amide bonds. The second-order valence-electron chi connectivity index (χ2n) is 4.44. The molecule has 16 heavy (non-hydrogen) atoms. The Morgan fingerprint density at radius 1 is 1.38 bits per heavy atom. The molecule has 0 unspecified atom stereocenters. The summed E-state index contributed by atoms with van der Waals surface area (Å²) >= 11 is 0. The zero-order valence-corrected chi connectivity index (χ0v) is 9.66. The van der Waals surface area contributed by atoms with Crippen LogP contribution in [0.1, 0.15) is 33.1 Å². The molecule has 0 aromatic heterocycles. The van der Waals surface area contributed by atoms with Crippen LogP contribution in [0.5, 0.6) is 0 Å². The fourth-order valence-corrected chi connectivity index (χ4v) is 1.59. The van der Waals surface area contributed by atoms with Crippen LogP contribution in [0, 0.1) is 11.8 Å². The number of amides is 2. The van der Waals surface area contributed by atoms with E-state index in [0.717, 1.165) is 0 Å². The van der Waals surface area contributed by atoms with E-state index in [1.807, 2.05) is 13.8 Å². The van der Waals surface area contributed by atoms with Gasteiger partial charge in [0.15, 0.2) is 5.78 Å². The predicted octanol–water partition coefficient (Wildman–Crippen LogP) is 1.21. The normalized spacial score (nSPS) is 18.2. The first-order valence-corrected chi connectivity index (χ1v) is 5.52. The Hall–Kier alpha value is -1.45. The minimum absolute atomic E-state index is 0.00691. The Morgan fingerprint density at radius 3 is 2.44 bits per heavy atom. The van der Waals surface area contributed by atoms with Gasteiger partial charge in [0.05, 0.1) is 0 Å². The molecule has 1 aliphatic heterocycles. The van der Waals surface area contributed by atoms with E-state index in [-0.39, 0.29) is 29.4 Å². The maximum atomic E-state index is 11.3. The molecule has 0 saturated carbocycles. The van der Waals surface area contributed by atoms with E-state index in [1.54, 1.807) is 12.2 Å². The van der Waals surface area contributed by atoms with Crippen molar-refractivity contribution >= 4 is 17.6 Å². The molecule has 4 heteroatoms. The fraction of sp³-hybridized carbons (Fsp3) is 0.583. The molecule has 0 atom stereocenters. The lowest BCUT2D eigenvalue weighted by molar-refractivity contribution is -0.134. The number of carbonyl (C=O) groups excluding carboxylic acids is 3. The lowest BCUT2D eigenvalue weighted by atomic mass is 9.93. The van der Waals surface area contributed by atoms with Gasteiger partial charge in [-0.15, -0.1) is 0 Å². The number of rotatable bonds is 4. The average molecular weight is 223 g/mol. The Labute approximate surface area is 95.1 Å². The van der Waals surface area contributed by atoms with Crippen molar-refractivity contribution in [2.24, 2.45) is 11.8 Å². The van der Waals surface area contributed by atoms with Crippen LogP contribution in [0.15, 0.2) is 12.2 Å². The molecule has 1 heterocycles. The summed E-state index contributed by atoms with van der Waals surface area (Å²) < 4.78 is 0. The Balaban J connectivity index is 2.40. The molecule has 4 nitrogen and oxygen atoms in total. The molecule has 0 spiro atoms. The monoisotopic (exact) mass is 223 g/mol. The van der Waals surface area contributed by atoms with E-state index >= 15 is 0 Å². The van der Waals surface area contributed by atoms with Gasteiger partial charge in [0.1, 0.15) is 0 Å². The van der Waals surface area contributed by atoms with Crippen molar-refractivity contribution in [2.75, 3.05) is 0 Å². The van der Waals surface area contributed by atoms with Crippen molar-refractivity contribution in [2.45, 2.75) is 33.1 Å². The standard InChI is InChI=1S/C12H17NO3/c1-8(2)10(14)5-3-4-9-6-11(15)13-12(16)7-9/h3,5,8-9H,4,6-7H2,1-2H3,(H,13,15,16)/b5-3+. The minimum atomic E-state index is -0.218. The molecular weight excluding hydrogens is 206 g/mol. The second-order valence-corrected chi connectivity index (χ2v) is 4.44. The van der Waals surface area contributed by atoms with Gasteiger partial charge in [0, 0.05) is 18.8 Å². The van der Waals surface area contributed by atoms with Gasteiger partial charge in [0.2, 0.25) is 11.8 Å². The number of nitrogens with one attached hydrogen (secondary N) is 1. The zero-order valence-electron chi connectivity index (χ0n) is 9.66. The zero-order chi connectivity index (χ0) is 12.1. The van der Waals surface area contributed by atoms with Crippen molar-refractivity contribution < 1.29 is 14.4 Å². The minimum Gasteiger partial charge on any atom is -0.296 e. The van der Waals surface area contributed by atoms with Crippen LogP contribution >= 0.6 is 0 Å². The first-order valence-electron chi connectivity index (χ1n) is 5.52. The van der Waals surface area contributed by atoms with Gasteiger partial charge in [-0.25, -0.2) is 0 Å². The average Bonchev–Trinajstić information content (AvgIpc) is 2.15. The topological polar surface area (TPSA) is 63.2 Å². The van der Waals surface area contributed by atoms with E-state index in [4.69, 9.17) is 0 Å². The van der Waals surface area contributed by atoms with Crippen LogP contribution < -0.4 is 5.32 Å². The summed E-state index contributed by atoms with van der Waals surface area (Å²) in [5, 5.41) is 2.26. The van der Waals surface area contributed by atoms with Gasteiger partial charge < -0.3 is 0 Å². The van der Waals surface area contributed by atoms with Crippen molar-refractivity contribution in [1.29, 1.82) is 0 Å². The molecule has 0 bridgehead atoms. The highest BCUT2D eigenvalue weighted by Gasteiger charge is 2.23. The third-order valence-electron chi connectivity index (χ3n) is 2.55. The number of hydrogen-bond donors (Lipinski definition) is 1. The molecule has 1 N–H and O–H groups in total. The Morgan fingerprint density at radius 2 is 1.94 bits per heavy atom. The third-order valence-corrected chi connectivity index (χ3v) is 2.55. The van der Waals surface area contributed by atoms with Crippen molar-refractivity contribution in [3.8, 4) is 0 Å². The summed E-state index contributed by atoms with van der Waals surface area (Å²) in [7, 11) is 0. The first kappa shape index (κ1) is 12.6. The second kappa shape index (κ2) is 5.58. The summed E-state index contributed by atoms with van der Waals surface area (Å²) in [5.41, 5.74) is 0. The van der Waals surface area contributed by atoms with Gasteiger partial charge >= 0.3 is 0 Å². The fourth-order valence-electron chi connectivity index (χ4n) is 1.59. The van der Waals surface area contributed by atoms with E-state index in [2.05, 4.69) is 5.32 Å². The van der Waals surface area contributed by atoms with Gasteiger partial charge in [-0.2, -0.15) is 0 Å². The van der Waals surface area contributed by atoms with Crippen LogP contribution in [-0.4, -0.2) is 17.6 Å². The van der Waals surface area contributed by atoms with Gasteiger partial charge in [-0.1, -0.05) is 19.9 Å². The quantitative estimate of drug-likeness (QED) is 0.575. The van der Waals surface area contributed by atoms with Crippen molar-refractivity contribution in [3.63, 3.8) is 0 Å².